The fourth-order valence-corrected chi connectivity index (χ4v) is 3.61. The number of hydrogen-bond acceptors (Lipinski definition) is 4. The van der Waals surface area contributed by atoms with Crippen LogP contribution >= 0.6 is 0 Å². The lowest BCUT2D eigenvalue weighted by Gasteiger charge is -2.24. The van der Waals surface area contributed by atoms with Crippen LogP contribution in [0.15, 0.2) is 36.7 Å². The number of imidazole rings is 1. The summed E-state index contributed by atoms with van der Waals surface area (Å²) in [6.07, 6.45) is 6.19. The van der Waals surface area contributed by atoms with Crippen molar-refractivity contribution in [1.29, 1.82) is 0 Å². The van der Waals surface area contributed by atoms with Crippen LogP contribution in [-0.4, -0.2) is 36.7 Å². The summed E-state index contributed by atoms with van der Waals surface area (Å²) in [4.78, 5) is 16.9. The molecule has 1 heterocycles. The van der Waals surface area contributed by atoms with Gasteiger partial charge in [0.2, 0.25) is 15.9 Å². The molecule has 142 valence electrons. The number of rotatable bonds is 8. The number of benzene rings is 1. The average Bonchev–Trinajstić information content (AvgIpc) is 2.98. The highest BCUT2D eigenvalue weighted by atomic mass is 32.2. The summed E-state index contributed by atoms with van der Waals surface area (Å²) in [5, 5.41) is 2.92. The van der Waals surface area contributed by atoms with Crippen molar-refractivity contribution in [3.63, 3.8) is 0 Å². The molecule has 1 aromatic carbocycles. The van der Waals surface area contributed by atoms with E-state index in [-0.39, 0.29) is 18.5 Å². The Labute approximate surface area is 155 Å². The Hall–Kier alpha value is -2.35. The first-order valence-corrected chi connectivity index (χ1v) is 10.4. The van der Waals surface area contributed by atoms with Crippen LogP contribution in [0.3, 0.4) is 0 Å². The van der Waals surface area contributed by atoms with E-state index in [1.54, 1.807) is 18.3 Å². The highest BCUT2D eigenvalue weighted by molar-refractivity contribution is 7.92. The van der Waals surface area contributed by atoms with E-state index in [0.717, 1.165) is 34.8 Å². The maximum Gasteiger partial charge on any atom is 0.241 e. The third-order valence-corrected chi connectivity index (χ3v) is 5.23. The molecule has 0 bridgehead atoms. The number of aryl methyl sites for hydroxylation is 2. The van der Waals surface area contributed by atoms with Gasteiger partial charge in [0.05, 0.1) is 18.0 Å². The third-order valence-electron chi connectivity index (χ3n) is 4.09. The molecule has 0 aliphatic rings. The van der Waals surface area contributed by atoms with E-state index in [1.807, 2.05) is 43.8 Å². The van der Waals surface area contributed by atoms with Gasteiger partial charge in [-0.2, -0.15) is 0 Å². The van der Waals surface area contributed by atoms with Gasteiger partial charge in [0, 0.05) is 19.4 Å². The number of amides is 1. The van der Waals surface area contributed by atoms with Crippen molar-refractivity contribution in [2.75, 3.05) is 17.1 Å². The molecule has 0 radical (unpaired) electrons. The van der Waals surface area contributed by atoms with Crippen LogP contribution in [0, 0.1) is 6.92 Å². The van der Waals surface area contributed by atoms with Gasteiger partial charge in [0.1, 0.15) is 12.4 Å². The number of sulfonamides is 1. The van der Waals surface area contributed by atoms with Gasteiger partial charge in [0.25, 0.3) is 0 Å². The summed E-state index contributed by atoms with van der Waals surface area (Å²) in [5.41, 5.74) is 1.49. The first kappa shape index (κ1) is 20.0. The molecule has 0 saturated heterocycles. The smallest absolute Gasteiger partial charge is 0.241 e. The van der Waals surface area contributed by atoms with Crippen molar-refractivity contribution in [3.8, 4) is 0 Å². The van der Waals surface area contributed by atoms with Gasteiger partial charge >= 0.3 is 0 Å². The van der Waals surface area contributed by atoms with Gasteiger partial charge in [-0.1, -0.05) is 31.0 Å². The Morgan fingerprint density at radius 3 is 2.46 bits per heavy atom. The molecule has 2 rings (SSSR count). The van der Waals surface area contributed by atoms with Gasteiger partial charge in [-0.05, 0) is 25.5 Å². The molecular weight excluding hydrogens is 352 g/mol. The molecule has 1 N–H and O–H groups in total. The zero-order valence-corrected chi connectivity index (χ0v) is 16.5. The lowest BCUT2D eigenvalue weighted by Crippen LogP contribution is -2.42. The first-order valence-electron chi connectivity index (χ1n) is 8.53. The van der Waals surface area contributed by atoms with Gasteiger partial charge in [-0.3, -0.25) is 9.10 Å². The van der Waals surface area contributed by atoms with Crippen LogP contribution in [0.1, 0.15) is 37.2 Å². The average molecular weight is 378 g/mol. The number of nitrogens with one attached hydrogen (secondary N) is 1. The number of hydrogen-bond donors (Lipinski definition) is 1. The molecule has 26 heavy (non-hydrogen) atoms. The number of anilines is 1. The summed E-state index contributed by atoms with van der Waals surface area (Å²) in [6, 6.07) is 6.78. The lowest BCUT2D eigenvalue weighted by molar-refractivity contribution is -0.120. The predicted octanol–water partition coefficient (Wildman–Crippen LogP) is 2.15. The summed E-state index contributed by atoms with van der Waals surface area (Å²) in [5.74, 6) is 0.388. The topological polar surface area (TPSA) is 84.3 Å². The number of aromatic nitrogens is 2. The van der Waals surface area contributed by atoms with E-state index in [4.69, 9.17) is 0 Å². The molecule has 0 fully saturated rings. The maximum atomic E-state index is 12.6. The van der Waals surface area contributed by atoms with E-state index < -0.39 is 10.0 Å². The van der Waals surface area contributed by atoms with Crippen LogP contribution in [-0.2, 0) is 21.9 Å². The number of carbonyl (C=O) groups excluding carboxylic acids is 1. The van der Waals surface area contributed by atoms with Crippen molar-refractivity contribution >= 4 is 21.6 Å². The second-order valence-electron chi connectivity index (χ2n) is 6.41. The van der Waals surface area contributed by atoms with Crippen molar-refractivity contribution < 1.29 is 13.2 Å². The van der Waals surface area contributed by atoms with Crippen LogP contribution in [0.2, 0.25) is 0 Å². The van der Waals surface area contributed by atoms with E-state index in [0.29, 0.717) is 5.69 Å². The van der Waals surface area contributed by atoms with Crippen LogP contribution in [0.25, 0.3) is 0 Å². The lowest BCUT2D eigenvalue weighted by atomic mass is 10.1. The number of carbonyl (C=O) groups is 1. The third kappa shape index (κ3) is 5.08. The molecule has 0 aliphatic heterocycles. The quantitative estimate of drug-likeness (QED) is 0.763. The second-order valence-corrected chi connectivity index (χ2v) is 8.32. The Balaban J connectivity index is 2.18. The molecule has 0 saturated carbocycles. The molecule has 7 nitrogen and oxygen atoms in total. The molecule has 0 unspecified atom stereocenters. The minimum atomic E-state index is -3.58. The van der Waals surface area contributed by atoms with Crippen molar-refractivity contribution in [2.45, 2.75) is 32.7 Å². The van der Waals surface area contributed by atoms with Crippen LogP contribution < -0.4 is 9.62 Å². The number of nitrogens with zero attached hydrogens (tertiary/aromatic N) is 3. The van der Waals surface area contributed by atoms with Crippen LogP contribution in [0.4, 0.5) is 5.69 Å². The minimum Gasteiger partial charge on any atom is -0.345 e. The molecule has 1 aromatic heterocycles. The van der Waals surface area contributed by atoms with Crippen molar-refractivity contribution in [1.82, 2.24) is 14.9 Å². The van der Waals surface area contributed by atoms with Gasteiger partial charge in [-0.15, -0.1) is 0 Å². The van der Waals surface area contributed by atoms with Crippen molar-refractivity contribution in [2.24, 2.45) is 7.05 Å². The SMILES string of the molecule is CCC[C@@H](NC(=O)CN(c1ccc(C)cc1)S(C)(=O)=O)c1nccn1C. The summed E-state index contributed by atoms with van der Waals surface area (Å²) < 4.78 is 27.3. The largest absolute Gasteiger partial charge is 0.345 e. The zero-order chi connectivity index (χ0) is 19.3. The minimum absolute atomic E-state index is 0.257. The van der Waals surface area contributed by atoms with Gasteiger partial charge in [-0.25, -0.2) is 13.4 Å². The molecular formula is C18H26N4O3S. The van der Waals surface area contributed by atoms with Crippen LogP contribution in [0.5, 0.6) is 0 Å². The Kier molecular flexibility index (Phi) is 6.42. The summed E-state index contributed by atoms with van der Waals surface area (Å²) in [6.45, 7) is 3.67. The molecule has 1 amide bonds. The Morgan fingerprint density at radius 1 is 1.31 bits per heavy atom. The fraction of sp³-hybridized carbons (Fsp3) is 0.444. The zero-order valence-electron chi connectivity index (χ0n) is 15.6. The van der Waals surface area contributed by atoms with Gasteiger partial charge < -0.3 is 9.88 Å². The van der Waals surface area contributed by atoms with E-state index in [9.17, 15) is 13.2 Å². The molecule has 2 aromatic rings. The normalized spacial score (nSPS) is 12.6. The Morgan fingerprint density at radius 2 is 1.96 bits per heavy atom. The monoisotopic (exact) mass is 378 g/mol. The highest BCUT2D eigenvalue weighted by Crippen LogP contribution is 2.19. The Bertz CT molecular complexity index is 844. The molecule has 0 aliphatic carbocycles. The first-order chi connectivity index (χ1) is 12.2. The molecule has 1 atom stereocenters. The highest BCUT2D eigenvalue weighted by Gasteiger charge is 2.23. The van der Waals surface area contributed by atoms with E-state index >= 15 is 0 Å². The van der Waals surface area contributed by atoms with Gasteiger partial charge in [0.15, 0.2) is 0 Å². The maximum absolute atomic E-state index is 12.6. The van der Waals surface area contributed by atoms with Crippen molar-refractivity contribution in [3.05, 3.63) is 48.0 Å². The fourth-order valence-electron chi connectivity index (χ4n) is 2.75. The molecule has 8 heteroatoms. The molecule has 0 spiro atoms. The predicted molar refractivity (Wildman–Crippen MR) is 102 cm³/mol. The summed E-state index contributed by atoms with van der Waals surface area (Å²) >= 11 is 0. The standard InChI is InChI=1S/C18H26N4O3S/c1-5-6-16(18-19-11-12-21(18)3)20-17(23)13-22(26(4,24)25)15-9-7-14(2)8-10-15/h7-12,16H,5-6,13H2,1-4H3,(H,20,23)/t16-/m1/s1. The second kappa shape index (κ2) is 8.35. The summed E-state index contributed by atoms with van der Waals surface area (Å²) in [7, 11) is -1.72. The van der Waals surface area contributed by atoms with E-state index in [2.05, 4.69) is 10.3 Å². The van der Waals surface area contributed by atoms with E-state index in [1.165, 1.54) is 0 Å².